The van der Waals surface area contributed by atoms with Crippen molar-refractivity contribution in [1.82, 2.24) is 4.98 Å². The van der Waals surface area contributed by atoms with Gasteiger partial charge >= 0.3 is 5.97 Å². The molecule has 0 saturated heterocycles. The van der Waals surface area contributed by atoms with Gasteiger partial charge in [-0.2, -0.15) is 0 Å². The summed E-state index contributed by atoms with van der Waals surface area (Å²) < 4.78 is 4.50. The number of pyridine rings is 1. The second-order valence-electron chi connectivity index (χ2n) is 3.15. The molecule has 80 valence electrons. The van der Waals surface area contributed by atoms with Gasteiger partial charge in [-0.3, -0.25) is 9.78 Å². The van der Waals surface area contributed by atoms with E-state index in [1.165, 1.54) is 7.11 Å². The summed E-state index contributed by atoms with van der Waals surface area (Å²) in [5, 5.41) is 0. The highest BCUT2D eigenvalue weighted by atomic mass is 16.5. The van der Waals surface area contributed by atoms with Gasteiger partial charge in [-0.05, 0) is 24.6 Å². The normalized spacial score (nSPS) is 10.5. The minimum absolute atomic E-state index is 0.252. The molecule has 0 amide bonds. The third-order valence-electron chi connectivity index (χ3n) is 1.97. The van der Waals surface area contributed by atoms with E-state index in [4.69, 9.17) is 5.73 Å². The fourth-order valence-corrected chi connectivity index (χ4v) is 1.04. The van der Waals surface area contributed by atoms with Crippen LogP contribution in [0.1, 0.15) is 17.7 Å². The first-order chi connectivity index (χ1) is 7.13. The van der Waals surface area contributed by atoms with Gasteiger partial charge in [0.05, 0.1) is 31.1 Å². The highest BCUT2D eigenvalue weighted by molar-refractivity contribution is 5.72. The molecule has 0 radical (unpaired) electrons. The topological polar surface area (TPSA) is 65.2 Å². The van der Waals surface area contributed by atoms with Crippen molar-refractivity contribution in [2.45, 2.75) is 13.3 Å². The average Bonchev–Trinajstić information content (AvgIpc) is 2.23. The molecule has 0 atom stereocenters. The molecule has 0 aromatic carbocycles. The molecule has 0 spiro atoms. The largest absolute Gasteiger partial charge is 0.469 e. The standard InChI is InChI=1S/C11H14N2O2/c1-8-6-9(13-7-10(8)12)4-3-5-11(14)15-2/h3-4,6-7H,5,12H2,1-2H3. The SMILES string of the molecule is COC(=O)CC=Cc1cc(C)c(N)cn1. The summed E-state index contributed by atoms with van der Waals surface area (Å²) in [6.07, 6.45) is 5.34. The fraction of sp³-hybridized carbons (Fsp3) is 0.273. The predicted octanol–water partition coefficient (Wildman–Crippen LogP) is 1.55. The van der Waals surface area contributed by atoms with E-state index < -0.39 is 0 Å². The first-order valence-electron chi connectivity index (χ1n) is 4.59. The van der Waals surface area contributed by atoms with E-state index in [1.807, 2.05) is 13.0 Å². The quantitative estimate of drug-likeness (QED) is 0.762. The van der Waals surface area contributed by atoms with Crippen molar-refractivity contribution >= 4 is 17.7 Å². The molecular weight excluding hydrogens is 192 g/mol. The molecule has 0 saturated carbocycles. The minimum atomic E-state index is -0.265. The molecule has 0 aliphatic rings. The van der Waals surface area contributed by atoms with Gasteiger partial charge in [0.2, 0.25) is 0 Å². The molecule has 1 heterocycles. The van der Waals surface area contributed by atoms with Crippen molar-refractivity contribution in [3.05, 3.63) is 29.6 Å². The molecule has 1 aromatic heterocycles. The van der Waals surface area contributed by atoms with Crippen molar-refractivity contribution in [1.29, 1.82) is 0 Å². The number of rotatable bonds is 3. The highest BCUT2D eigenvalue weighted by Crippen LogP contribution is 2.10. The summed E-state index contributed by atoms with van der Waals surface area (Å²) in [7, 11) is 1.36. The summed E-state index contributed by atoms with van der Waals surface area (Å²) in [6, 6.07) is 1.86. The summed E-state index contributed by atoms with van der Waals surface area (Å²) in [6.45, 7) is 1.91. The summed E-state index contributed by atoms with van der Waals surface area (Å²) in [5.74, 6) is -0.265. The number of hydrogen-bond acceptors (Lipinski definition) is 4. The molecule has 1 aromatic rings. The van der Waals surface area contributed by atoms with Crippen LogP contribution in [0, 0.1) is 6.92 Å². The van der Waals surface area contributed by atoms with Crippen molar-refractivity contribution in [2.75, 3.05) is 12.8 Å². The predicted molar refractivity (Wildman–Crippen MR) is 59.1 cm³/mol. The van der Waals surface area contributed by atoms with Crippen LogP contribution in [0.2, 0.25) is 0 Å². The average molecular weight is 206 g/mol. The third-order valence-corrected chi connectivity index (χ3v) is 1.97. The van der Waals surface area contributed by atoms with Crippen LogP contribution in [0.5, 0.6) is 0 Å². The van der Waals surface area contributed by atoms with E-state index in [1.54, 1.807) is 18.3 Å². The Morgan fingerprint density at radius 1 is 1.67 bits per heavy atom. The number of methoxy groups -OCH3 is 1. The Labute approximate surface area is 88.8 Å². The van der Waals surface area contributed by atoms with E-state index in [2.05, 4.69) is 9.72 Å². The number of aromatic nitrogens is 1. The van der Waals surface area contributed by atoms with E-state index >= 15 is 0 Å². The molecule has 1 rings (SSSR count). The van der Waals surface area contributed by atoms with E-state index in [0.29, 0.717) is 5.69 Å². The first kappa shape index (κ1) is 11.2. The third kappa shape index (κ3) is 3.42. The number of carbonyl (C=O) groups excluding carboxylic acids is 1. The molecule has 0 aliphatic heterocycles. The Morgan fingerprint density at radius 2 is 2.40 bits per heavy atom. The van der Waals surface area contributed by atoms with E-state index in [0.717, 1.165) is 11.3 Å². The summed E-state index contributed by atoms with van der Waals surface area (Å²) in [4.78, 5) is 14.9. The highest BCUT2D eigenvalue weighted by Gasteiger charge is 1.96. The zero-order valence-corrected chi connectivity index (χ0v) is 8.86. The Hall–Kier alpha value is -1.84. The Balaban J connectivity index is 2.65. The molecule has 0 unspecified atom stereocenters. The summed E-state index contributed by atoms with van der Waals surface area (Å²) in [5.41, 5.74) is 8.05. The monoisotopic (exact) mass is 206 g/mol. The maximum Gasteiger partial charge on any atom is 0.309 e. The lowest BCUT2D eigenvalue weighted by Gasteiger charge is -1.99. The van der Waals surface area contributed by atoms with Crippen LogP contribution in [0.4, 0.5) is 5.69 Å². The van der Waals surface area contributed by atoms with Crippen LogP contribution in [0.3, 0.4) is 0 Å². The number of carbonyl (C=O) groups is 1. The number of nitrogens with two attached hydrogens (primary N) is 1. The number of esters is 1. The van der Waals surface area contributed by atoms with Gasteiger partial charge in [-0.25, -0.2) is 0 Å². The Morgan fingerprint density at radius 3 is 3.00 bits per heavy atom. The fourth-order valence-electron chi connectivity index (χ4n) is 1.04. The first-order valence-corrected chi connectivity index (χ1v) is 4.59. The summed E-state index contributed by atoms with van der Waals surface area (Å²) >= 11 is 0. The van der Waals surface area contributed by atoms with Gasteiger partial charge in [0.1, 0.15) is 0 Å². The molecular formula is C11H14N2O2. The van der Waals surface area contributed by atoms with Crippen LogP contribution < -0.4 is 5.73 Å². The van der Waals surface area contributed by atoms with Crippen LogP contribution in [-0.4, -0.2) is 18.1 Å². The van der Waals surface area contributed by atoms with Gasteiger partial charge in [0.25, 0.3) is 0 Å². The van der Waals surface area contributed by atoms with Crippen LogP contribution in [0.25, 0.3) is 6.08 Å². The zero-order valence-electron chi connectivity index (χ0n) is 8.86. The lowest BCUT2D eigenvalue weighted by Crippen LogP contribution is -1.97. The molecule has 0 aliphatic carbocycles. The van der Waals surface area contributed by atoms with Crippen LogP contribution in [-0.2, 0) is 9.53 Å². The number of ether oxygens (including phenoxy) is 1. The molecule has 0 bridgehead atoms. The minimum Gasteiger partial charge on any atom is -0.469 e. The second-order valence-corrected chi connectivity index (χ2v) is 3.15. The maximum atomic E-state index is 10.8. The van der Waals surface area contributed by atoms with E-state index in [-0.39, 0.29) is 12.4 Å². The lowest BCUT2D eigenvalue weighted by atomic mass is 10.2. The van der Waals surface area contributed by atoms with Crippen LogP contribution >= 0.6 is 0 Å². The van der Waals surface area contributed by atoms with Crippen molar-refractivity contribution in [2.24, 2.45) is 0 Å². The van der Waals surface area contributed by atoms with Gasteiger partial charge in [0, 0.05) is 0 Å². The number of anilines is 1. The van der Waals surface area contributed by atoms with Crippen LogP contribution in [0.15, 0.2) is 18.3 Å². The van der Waals surface area contributed by atoms with Crippen molar-refractivity contribution in [3.8, 4) is 0 Å². The van der Waals surface area contributed by atoms with Gasteiger partial charge in [-0.15, -0.1) is 0 Å². The molecule has 2 N–H and O–H groups in total. The molecule has 15 heavy (non-hydrogen) atoms. The number of nitrogen functional groups attached to an aromatic ring is 1. The number of hydrogen-bond donors (Lipinski definition) is 1. The Bertz CT molecular complexity index is 386. The zero-order chi connectivity index (χ0) is 11.3. The molecule has 0 fully saturated rings. The van der Waals surface area contributed by atoms with E-state index in [9.17, 15) is 4.79 Å². The van der Waals surface area contributed by atoms with Crippen molar-refractivity contribution in [3.63, 3.8) is 0 Å². The molecule has 4 heteroatoms. The molecule has 4 nitrogen and oxygen atoms in total. The smallest absolute Gasteiger partial charge is 0.309 e. The lowest BCUT2D eigenvalue weighted by molar-refractivity contribution is -0.139. The van der Waals surface area contributed by atoms with Gasteiger partial charge in [-0.1, -0.05) is 6.08 Å². The Kier molecular flexibility index (Phi) is 3.85. The second kappa shape index (κ2) is 5.14. The van der Waals surface area contributed by atoms with Gasteiger partial charge in [0.15, 0.2) is 0 Å². The number of nitrogens with zero attached hydrogens (tertiary/aromatic N) is 1. The van der Waals surface area contributed by atoms with Gasteiger partial charge < -0.3 is 10.5 Å². The van der Waals surface area contributed by atoms with Crippen molar-refractivity contribution < 1.29 is 9.53 Å². The maximum absolute atomic E-state index is 10.8. The number of aryl methyl sites for hydroxylation is 1.